The van der Waals surface area contributed by atoms with E-state index >= 15 is 0 Å². The van der Waals surface area contributed by atoms with E-state index in [1.54, 1.807) is 12.1 Å². The summed E-state index contributed by atoms with van der Waals surface area (Å²) in [6, 6.07) is 13.2. The molecule has 23 heavy (non-hydrogen) atoms. The van der Waals surface area contributed by atoms with Crippen molar-refractivity contribution in [1.29, 1.82) is 0 Å². The van der Waals surface area contributed by atoms with E-state index in [1.807, 2.05) is 18.2 Å². The third-order valence-corrected chi connectivity index (χ3v) is 5.50. The van der Waals surface area contributed by atoms with Crippen LogP contribution in [0.3, 0.4) is 0 Å². The zero-order valence-corrected chi connectivity index (χ0v) is 13.7. The fourth-order valence-electron chi connectivity index (χ4n) is 2.31. The van der Waals surface area contributed by atoms with Gasteiger partial charge in [-0.15, -0.1) is 0 Å². The van der Waals surface area contributed by atoms with Gasteiger partial charge in [0.05, 0.1) is 9.92 Å². The average molecular weight is 349 g/mol. The number of carbonyl (C=O) groups is 1. The summed E-state index contributed by atoms with van der Waals surface area (Å²) in [7, 11) is -3.78. The van der Waals surface area contributed by atoms with Crippen LogP contribution < -0.4 is 5.32 Å². The van der Waals surface area contributed by atoms with E-state index in [9.17, 15) is 13.2 Å². The van der Waals surface area contributed by atoms with Crippen molar-refractivity contribution in [2.45, 2.75) is 16.8 Å². The summed E-state index contributed by atoms with van der Waals surface area (Å²) >= 11 is 6.10. The zero-order valence-electron chi connectivity index (χ0n) is 12.1. The molecule has 0 aliphatic heterocycles. The Kier molecular flexibility index (Phi) is 3.87. The number of fused-ring (bicyclic) bond motifs is 1. The van der Waals surface area contributed by atoms with E-state index in [4.69, 9.17) is 11.6 Å². The number of hydrogen-bond donors (Lipinski definition) is 2. The first-order chi connectivity index (χ1) is 10.9. The Bertz CT molecular complexity index is 976. The van der Waals surface area contributed by atoms with Crippen molar-refractivity contribution >= 4 is 43.9 Å². The molecule has 1 aromatic heterocycles. The standard InChI is InChI=1S/C16H13ClN2O3S/c1-10(20)18-12-6-7-15(13(17)9-12)23(21,22)16-8-11-4-2-3-5-14(11)19-16/h2-9,19H,1H3,(H,18,20). The molecule has 0 aliphatic carbocycles. The molecule has 1 amide bonds. The lowest BCUT2D eigenvalue weighted by Gasteiger charge is -2.07. The predicted octanol–water partition coefficient (Wildman–Crippen LogP) is 3.61. The molecule has 3 aromatic rings. The van der Waals surface area contributed by atoms with Crippen LogP contribution in [-0.4, -0.2) is 19.3 Å². The zero-order chi connectivity index (χ0) is 16.6. The molecule has 0 atom stereocenters. The van der Waals surface area contributed by atoms with Gasteiger partial charge < -0.3 is 10.3 Å². The van der Waals surface area contributed by atoms with Gasteiger partial charge in [-0.1, -0.05) is 29.8 Å². The van der Waals surface area contributed by atoms with Crippen molar-refractivity contribution in [1.82, 2.24) is 4.98 Å². The SMILES string of the molecule is CC(=O)Nc1ccc(S(=O)(=O)c2cc3ccccc3[nH]2)c(Cl)c1. The first kappa shape index (κ1) is 15.6. The van der Waals surface area contributed by atoms with Gasteiger partial charge in [-0.05, 0) is 30.3 Å². The second kappa shape index (κ2) is 5.72. The Hall–Kier alpha value is -2.31. The van der Waals surface area contributed by atoms with Gasteiger partial charge in [0.25, 0.3) is 0 Å². The topological polar surface area (TPSA) is 79.0 Å². The molecule has 2 N–H and O–H groups in total. The first-order valence-electron chi connectivity index (χ1n) is 6.78. The Morgan fingerprint density at radius 2 is 1.87 bits per heavy atom. The summed E-state index contributed by atoms with van der Waals surface area (Å²) < 4.78 is 25.5. The second-order valence-corrected chi connectivity index (χ2v) is 7.34. The van der Waals surface area contributed by atoms with Crippen LogP contribution in [0.15, 0.2) is 58.5 Å². The maximum absolute atomic E-state index is 12.8. The molecule has 5 nitrogen and oxygen atoms in total. The van der Waals surface area contributed by atoms with Crippen molar-refractivity contribution in [2.75, 3.05) is 5.32 Å². The number of hydrogen-bond acceptors (Lipinski definition) is 3. The van der Waals surface area contributed by atoms with Crippen molar-refractivity contribution in [3.63, 3.8) is 0 Å². The number of aromatic nitrogens is 1. The van der Waals surface area contributed by atoms with E-state index in [1.165, 1.54) is 25.1 Å². The van der Waals surface area contributed by atoms with E-state index in [0.717, 1.165) is 10.9 Å². The number of amides is 1. The fourth-order valence-corrected chi connectivity index (χ4v) is 4.12. The van der Waals surface area contributed by atoms with Gasteiger partial charge in [0, 0.05) is 23.5 Å². The van der Waals surface area contributed by atoms with Crippen LogP contribution >= 0.6 is 11.6 Å². The van der Waals surface area contributed by atoms with Crippen molar-refractivity contribution < 1.29 is 13.2 Å². The summed E-state index contributed by atoms with van der Waals surface area (Å²) in [5, 5.41) is 3.49. The van der Waals surface area contributed by atoms with Gasteiger partial charge in [0.2, 0.25) is 15.7 Å². The Balaban J connectivity index is 2.07. The van der Waals surface area contributed by atoms with Crippen molar-refractivity contribution in [2.24, 2.45) is 0 Å². The number of para-hydroxylation sites is 1. The summed E-state index contributed by atoms with van der Waals surface area (Å²) in [6.45, 7) is 1.36. The van der Waals surface area contributed by atoms with E-state index in [0.29, 0.717) is 5.69 Å². The minimum absolute atomic E-state index is 0.0141. The number of rotatable bonds is 3. The molecule has 1 heterocycles. The van der Waals surface area contributed by atoms with Gasteiger partial charge in [0.15, 0.2) is 0 Å². The summed E-state index contributed by atoms with van der Waals surface area (Å²) in [4.78, 5) is 13.9. The van der Waals surface area contributed by atoms with Crippen LogP contribution in [0.1, 0.15) is 6.92 Å². The van der Waals surface area contributed by atoms with Gasteiger partial charge in [0.1, 0.15) is 5.03 Å². The first-order valence-corrected chi connectivity index (χ1v) is 8.64. The number of H-pyrrole nitrogens is 1. The van der Waals surface area contributed by atoms with Crippen LogP contribution in [0.4, 0.5) is 5.69 Å². The van der Waals surface area contributed by atoms with Crippen LogP contribution in [0.2, 0.25) is 5.02 Å². The molecule has 0 fully saturated rings. The highest BCUT2D eigenvalue weighted by molar-refractivity contribution is 7.91. The molecule has 0 unspecified atom stereocenters. The average Bonchev–Trinajstić information content (AvgIpc) is 2.91. The molecule has 3 rings (SSSR count). The lowest BCUT2D eigenvalue weighted by molar-refractivity contribution is -0.114. The molecule has 0 radical (unpaired) electrons. The van der Waals surface area contributed by atoms with Gasteiger partial charge in [-0.25, -0.2) is 8.42 Å². The van der Waals surface area contributed by atoms with Gasteiger partial charge in [-0.2, -0.15) is 0 Å². The maximum atomic E-state index is 12.8. The highest BCUT2D eigenvalue weighted by Crippen LogP contribution is 2.31. The van der Waals surface area contributed by atoms with E-state index < -0.39 is 9.84 Å². The maximum Gasteiger partial charge on any atom is 0.223 e. The van der Waals surface area contributed by atoms with Crippen LogP contribution in [0.25, 0.3) is 10.9 Å². The number of halogens is 1. The molecule has 0 saturated heterocycles. The molecular weight excluding hydrogens is 336 g/mol. The largest absolute Gasteiger partial charge is 0.345 e. The second-order valence-electron chi connectivity index (χ2n) is 5.05. The normalized spacial score (nSPS) is 11.6. The Morgan fingerprint density at radius 3 is 2.52 bits per heavy atom. The summed E-state index contributed by atoms with van der Waals surface area (Å²) in [5.41, 5.74) is 1.18. The monoisotopic (exact) mass is 348 g/mol. The molecular formula is C16H13ClN2O3S. The third kappa shape index (κ3) is 2.95. The van der Waals surface area contributed by atoms with Crippen LogP contribution in [0, 0.1) is 0 Å². The van der Waals surface area contributed by atoms with Gasteiger partial charge in [-0.3, -0.25) is 4.79 Å². The molecule has 118 valence electrons. The molecule has 2 aromatic carbocycles. The van der Waals surface area contributed by atoms with E-state index in [-0.39, 0.29) is 20.9 Å². The Morgan fingerprint density at radius 1 is 1.13 bits per heavy atom. The summed E-state index contributed by atoms with van der Waals surface area (Å²) in [5.74, 6) is -0.257. The number of sulfone groups is 1. The number of nitrogens with one attached hydrogen (secondary N) is 2. The molecule has 0 saturated carbocycles. The molecule has 7 heteroatoms. The predicted molar refractivity (Wildman–Crippen MR) is 89.5 cm³/mol. The van der Waals surface area contributed by atoms with Crippen molar-refractivity contribution in [3.8, 4) is 0 Å². The number of carbonyl (C=O) groups excluding carboxylic acids is 1. The quantitative estimate of drug-likeness (QED) is 0.758. The third-order valence-electron chi connectivity index (χ3n) is 3.34. The fraction of sp³-hybridized carbons (Fsp3) is 0.0625. The van der Waals surface area contributed by atoms with Crippen molar-refractivity contribution in [3.05, 3.63) is 53.6 Å². The van der Waals surface area contributed by atoms with E-state index in [2.05, 4.69) is 10.3 Å². The lowest BCUT2D eigenvalue weighted by Crippen LogP contribution is -2.07. The number of benzene rings is 2. The lowest BCUT2D eigenvalue weighted by atomic mass is 10.3. The molecule has 0 bridgehead atoms. The molecule has 0 aliphatic rings. The highest BCUT2D eigenvalue weighted by atomic mass is 35.5. The van der Waals surface area contributed by atoms with Gasteiger partial charge >= 0.3 is 0 Å². The number of anilines is 1. The highest BCUT2D eigenvalue weighted by Gasteiger charge is 2.23. The molecule has 0 spiro atoms. The Labute approximate surface area is 138 Å². The summed E-state index contributed by atoms with van der Waals surface area (Å²) in [6.07, 6.45) is 0. The van der Waals surface area contributed by atoms with Crippen LogP contribution in [0.5, 0.6) is 0 Å². The smallest absolute Gasteiger partial charge is 0.223 e. The minimum atomic E-state index is -3.78. The number of aromatic amines is 1. The minimum Gasteiger partial charge on any atom is -0.345 e. The van der Waals surface area contributed by atoms with Crippen LogP contribution in [-0.2, 0) is 14.6 Å².